The molecule has 1 aliphatic carbocycles. The molecule has 200 valence electrons. The van der Waals surface area contributed by atoms with Gasteiger partial charge < -0.3 is 9.47 Å². The Kier molecular flexibility index (Phi) is 7.78. The molecule has 3 aromatic rings. The van der Waals surface area contributed by atoms with E-state index >= 15 is 0 Å². The molecule has 0 fully saturated rings. The molecule has 39 heavy (non-hydrogen) atoms. The van der Waals surface area contributed by atoms with Crippen molar-refractivity contribution in [3.8, 4) is 5.75 Å². The van der Waals surface area contributed by atoms with Gasteiger partial charge in [0.05, 0.1) is 6.61 Å². The lowest BCUT2D eigenvalue weighted by atomic mass is 9.67. The topological polar surface area (TPSA) is 65.0 Å². The summed E-state index contributed by atoms with van der Waals surface area (Å²) < 4.78 is 11.8. The van der Waals surface area contributed by atoms with Gasteiger partial charge in [-0.2, -0.15) is 0 Å². The van der Waals surface area contributed by atoms with Gasteiger partial charge in [0.1, 0.15) is 18.3 Å². The van der Waals surface area contributed by atoms with E-state index in [2.05, 4.69) is 13.8 Å². The molecule has 1 heterocycles. The number of carbonyl (C=O) groups excluding carboxylic acids is 2. The number of hydrogen-bond donors (Lipinski definition) is 0. The summed E-state index contributed by atoms with van der Waals surface area (Å²) in [7, 11) is 0. The minimum absolute atomic E-state index is 0.0639. The number of hydrogen-bond acceptors (Lipinski definition) is 5. The van der Waals surface area contributed by atoms with Gasteiger partial charge in [-0.15, -0.1) is 0 Å². The average Bonchev–Trinajstić information content (AvgIpc) is 2.92. The molecule has 0 N–H and O–H groups in total. The van der Waals surface area contributed by atoms with E-state index in [1.807, 2.05) is 91.9 Å². The lowest BCUT2D eigenvalue weighted by Crippen LogP contribution is -2.39. The molecule has 0 saturated carbocycles. The van der Waals surface area contributed by atoms with E-state index in [-0.39, 0.29) is 23.8 Å². The second-order valence-corrected chi connectivity index (χ2v) is 11.3. The van der Waals surface area contributed by atoms with Gasteiger partial charge in [-0.3, -0.25) is 14.6 Å². The summed E-state index contributed by atoms with van der Waals surface area (Å²) in [5, 5.41) is 0. The van der Waals surface area contributed by atoms with E-state index in [1.165, 1.54) is 0 Å². The molecule has 0 spiro atoms. The van der Waals surface area contributed by atoms with Crippen molar-refractivity contribution < 1.29 is 19.1 Å². The lowest BCUT2D eigenvalue weighted by molar-refractivity contribution is -0.146. The van der Waals surface area contributed by atoms with Crippen LogP contribution >= 0.6 is 0 Å². The zero-order valence-electron chi connectivity index (χ0n) is 22.9. The molecule has 0 radical (unpaired) electrons. The number of ether oxygens (including phenoxy) is 2. The fraction of sp³-hybridized carbons (Fsp3) is 0.324. The Balaban J connectivity index is 1.40. The van der Waals surface area contributed by atoms with Gasteiger partial charge in [-0.25, -0.2) is 0 Å². The van der Waals surface area contributed by atoms with Gasteiger partial charge in [0.15, 0.2) is 5.78 Å². The smallest absolute Gasteiger partial charge is 0.315 e. The molecule has 1 unspecified atom stereocenters. The predicted octanol–water partition coefficient (Wildman–Crippen LogP) is 6.87. The summed E-state index contributed by atoms with van der Waals surface area (Å²) >= 11 is 0. The summed E-state index contributed by atoms with van der Waals surface area (Å²) in [6.07, 6.45) is 1.77. The molecule has 2 atom stereocenters. The Labute approximate surface area is 230 Å². The van der Waals surface area contributed by atoms with Crippen molar-refractivity contribution in [3.63, 3.8) is 0 Å². The van der Waals surface area contributed by atoms with E-state index in [0.29, 0.717) is 37.2 Å². The fourth-order valence-electron chi connectivity index (χ4n) is 5.63. The summed E-state index contributed by atoms with van der Waals surface area (Å²) in [4.78, 5) is 31.9. The minimum Gasteiger partial charge on any atom is -0.489 e. The van der Waals surface area contributed by atoms with Crippen LogP contribution < -0.4 is 4.74 Å². The molecule has 5 nitrogen and oxygen atoms in total. The Morgan fingerprint density at radius 2 is 1.54 bits per heavy atom. The molecule has 5 rings (SSSR count). The average molecular weight is 522 g/mol. The predicted molar refractivity (Wildman–Crippen MR) is 153 cm³/mol. The van der Waals surface area contributed by atoms with Crippen LogP contribution in [-0.2, 0) is 27.4 Å². The molecule has 0 amide bonds. The maximum Gasteiger partial charge on any atom is 0.315 e. The molecule has 0 aromatic heterocycles. The number of carbonyl (C=O) groups is 2. The maximum atomic E-state index is 13.6. The van der Waals surface area contributed by atoms with E-state index in [9.17, 15) is 9.59 Å². The first-order valence-electron chi connectivity index (χ1n) is 13.6. The minimum atomic E-state index is -0.652. The molecule has 0 saturated heterocycles. The van der Waals surface area contributed by atoms with Gasteiger partial charge in [0, 0.05) is 35.7 Å². The highest BCUT2D eigenvalue weighted by Gasteiger charge is 2.46. The molecular formula is C34H35NO4. The number of aliphatic imine (C=N–C) groups is 1. The SMILES string of the molecule is CC1=NC2=C(C(=O)CC(C)(C)C2)[C@@H](c2ccc(OCc3ccccc3)cc2)C1C(=O)OCCc1ccccc1. The third-order valence-electron chi connectivity index (χ3n) is 7.52. The number of rotatable bonds is 8. The Bertz CT molecular complexity index is 1390. The highest BCUT2D eigenvalue weighted by Crippen LogP contribution is 2.48. The normalized spacial score (nSPS) is 20.2. The zero-order chi connectivity index (χ0) is 27.4. The van der Waals surface area contributed by atoms with Crippen molar-refractivity contribution in [1.82, 2.24) is 0 Å². The highest BCUT2D eigenvalue weighted by atomic mass is 16.5. The van der Waals surface area contributed by atoms with Crippen LogP contribution in [0, 0.1) is 11.3 Å². The first-order chi connectivity index (χ1) is 18.8. The highest BCUT2D eigenvalue weighted by molar-refractivity contribution is 6.09. The van der Waals surface area contributed by atoms with E-state index < -0.39 is 11.8 Å². The number of nitrogens with zero attached hydrogens (tertiary/aromatic N) is 1. The van der Waals surface area contributed by atoms with E-state index in [1.54, 1.807) is 0 Å². The standard InChI is InChI=1S/C34H35NO4/c1-23-30(33(37)38-19-18-24-10-6-4-7-11-24)31(32-28(35-23)20-34(2,3)21-29(32)36)26-14-16-27(17-15-26)39-22-25-12-8-5-9-13-25/h4-17,30-31H,18-22H2,1-3H3/t30?,31-/m0/s1. The first-order valence-corrected chi connectivity index (χ1v) is 13.6. The lowest BCUT2D eigenvalue weighted by Gasteiger charge is -2.39. The first kappa shape index (κ1) is 26.6. The summed E-state index contributed by atoms with van der Waals surface area (Å²) in [5.74, 6) is -0.634. The van der Waals surface area contributed by atoms with E-state index in [4.69, 9.17) is 14.5 Å². The van der Waals surface area contributed by atoms with Crippen LogP contribution in [0.3, 0.4) is 0 Å². The second-order valence-electron chi connectivity index (χ2n) is 11.3. The second kappa shape index (κ2) is 11.4. The van der Waals surface area contributed by atoms with E-state index in [0.717, 1.165) is 28.1 Å². The molecule has 0 bridgehead atoms. The molecular weight excluding hydrogens is 486 g/mol. The molecule has 1 aliphatic heterocycles. The van der Waals surface area contributed by atoms with Crippen LogP contribution in [-0.4, -0.2) is 24.1 Å². The number of benzene rings is 3. The third-order valence-corrected chi connectivity index (χ3v) is 7.52. The van der Waals surface area contributed by atoms with Crippen molar-refractivity contribution in [2.24, 2.45) is 16.3 Å². The quantitative estimate of drug-likeness (QED) is 0.304. The Morgan fingerprint density at radius 3 is 2.21 bits per heavy atom. The van der Waals surface area contributed by atoms with Gasteiger partial charge in [-0.05, 0) is 47.6 Å². The van der Waals surface area contributed by atoms with Gasteiger partial charge in [0.25, 0.3) is 0 Å². The van der Waals surface area contributed by atoms with Crippen LogP contribution in [0.25, 0.3) is 0 Å². The van der Waals surface area contributed by atoms with Crippen LogP contribution in [0.2, 0.25) is 0 Å². The van der Waals surface area contributed by atoms with Crippen molar-refractivity contribution in [2.75, 3.05) is 6.61 Å². The van der Waals surface area contributed by atoms with Gasteiger partial charge in [-0.1, -0.05) is 86.6 Å². The Hall–Kier alpha value is -3.99. The van der Waals surface area contributed by atoms with Crippen LogP contribution in [0.1, 0.15) is 56.2 Å². The summed E-state index contributed by atoms with van der Waals surface area (Å²) in [6.45, 7) is 6.81. The number of esters is 1. The van der Waals surface area contributed by atoms with Crippen molar-refractivity contribution >= 4 is 17.5 Å². The summed E-state index contributed by atoms with van der Waals surface area (Å²) in [5.41, 5.74) is 5.07. The third kappa shape index (κ3) is 6.19. The van der Waals surface area contributed by atoms with Crippen molar-refractivity contribution in [3.05, 3.63) is 113 Å². The largest absolute Gasteiger partial charge is 0.489 e. The van der Waals surface area contributed by atoms with Gasteiger partial charge in [0.2, 0.25) is 0 Å². The monoisotopic (exact) mass is 521 g/mol. The van der Waals surface area contributed by atoms with Crippen LogP contribution in [0.15, 0.2) is 101 Å². The zero-order valence-corrected chi connectivity index (χ0v) is 22.9. The summed E-state index contributed by atoms with van der Waals surface area (Å²) in [6, 6.07) is 27.7. The number of ketones is 1. The molecule has 3 aromatic carbocycles. The Morgan fingerprint density at radius 1 is 0.897 bits per heavy atom. The number of allylic oxidation sites excluding steroid dienone is 2. The van der Waals surface area contributed by atoms with Crippen molar-refractivity contribution in [1.29, 1.82) is 0 Å². The fourth-order valence-corrected chi connectivity index (χ4v) is 5.63. The van der Waals surface area contributed by atoms with Gasteiger partial charge >= 0.3 is 5.97 Å². The van der Waals surface area contributed by atoms with Crippen LogP contribution in [0.4, 0.5) is 0 Å². The van der Waals surface area contributed by atoms with Crippen LogP contribution in [0.5, 0.6) is 5.75 Å². The molecule has 5 heteroatoms. The van der Waals surface area contributed by atoms with Crippen molar-refractivity contribution in [2.45, 2.75) is 52.6 Å². The number of Topliss-reactive ketones (excluding diaryl/α,β-unsaturated/α-hetero) is 1. The maximum absolute atomic E-state index is 13.6. The molecule has 2 aliphatic rings.